The molecule has 0 fully saturated rings. The van der Waals surface area contributed by atoms with E-state index < -0.39 is 0 Å². The Bertz CT molecular complexity index is 992. The number of nitrogens with zero attached hydrogens (tertiary/aromatic N) is 1. The molecule has 2 aromatic carbocycles. The van der Waals surface area contributed by atoms with Crippen LogP contribution in [0.15, 0.2) is 46.3 Å². The lowest BCUT2D eigenvalue weighted by atomic mass is 10.1. The molecule has 6 nitrogen and oxygen atoms in total. The quantitative estimate of drug-likeness (QED) is 0.519. The molecule has 1 amide bonds. The Balaban J connectivity index is 1.71. The first-order chi connectivity index (χ1) is 14.1. The van der Waals surface area contributed by atoms with E-state index in [0.717, 1.165) is 17.1 Å². The Morgan fingerprint density at radius 3 is 2.48 bits per heavy atom. The Labute approximate surface area is 182 Å². The predicted molar refractivity (Wildman–Crippen MR) is 116 cm³/mol. The zero-order valence-corrected chi connectivity index (χ0v) is 18.7. The van der Waals surface area contributed by atoms with Gasteiger partial charge >= 0.3 is 0 Å². The molecule has 0 aliphatic rings. The summed E-state index contributed by atoms with van der Waals surface area (Å²) in [5.41, 5.74) is 2.41. The summed E-state index contributed by atoms with van der Waals surface area (Å²) in [6.45, 7) is 0.327. The predicted octanol–water partition coefficient (Wildman–Crippen LogP) is 4.45. The number of thiazole rings is 1. The average molecular weight is 477 g/mol. The lowest BCUT2D eigenvalue weighted by Gasteiger charge is -2.16. The molecule has 0 saturated carbocycles. The molecule has 0 aliphatic heterocycles. The maximum absolute atomic E-state index is 12.8. The lowest BCUT2D eigenvalue weighted by Crippen LogP contribution is -2.23. The van der Waals surface area contributed by atoms with Crippen LogP contribution < -0.4 is 19.5 Å². The average Bonchev–Trinajstić information content (AvgIpc) is 3.19. The summed E-state index contributed by atoms with van der Waals surface area (Å²) in [5.74, 6) is 0.963. The highest BCUT2D eigenvalue weighted by molar-refractivity contribution is 9.10. The van der Waals surface area contributed by atoms with Gasteiger partial charge in [0.15, 0.2) is 11.5 Å². The van der Waals surface area contributed by atoms with Gasteiger partial charge < -0.3 is 19.5 Å². The van der Waals surface area contributed by atoms with Crippen LogP contribution in [-0.2, 0) is 13.0 Å². The number of carbonyl (C=O) groups excluding carboxylic acids is 1. The number of rotatable bonds is 8. The summed E-state index contributed by atoms with van der Waals surface area (Å²) >= 11 is 5.01. The number of carbonyl (C=O) groups is 1. The van der Waals surface area contributed by atoms with Crippen LogP contribution in [0.2, 0.25) is 0 Å². The molecule has 152 valence electrons. The van der Waals surface area contributed by atoms with Crippen molar-refractivity contribution in [3.8, 4) is 17.2 Å². The zero-order valence-electron chi connectivity index (χ0n) is 16.3. The second-order valence-electron chi connectivity index (χ2n) is 6.08. The number of benzene rings is 2. The van der Waals surface area contributed by atoms with Crippen molar-refractivity contribution < 1.29 is 19.0 Å². The standard InChI is InChI=1S/C21H21BrN2O4S/c1-26-16-10-15(18(22)20(28-3)19(16)27-2)21(25)23-11-14-12-29-17(24-14)9-13-7-5-4-6-8-13/h4-8,10,12H,9,11H2,1-3H3,(H,23,25). The third-order valence-corrected chi connectivity index (χ3v) is 5.93. The van der Waals surface area contributed by atoms with Gasteiger partial charge in [-0.2, -0.15) is 0 Å². The number of methoxy groups -OCH3 is 3. The molecule has 3 aromatic rings. The van der Waals surface area contributed by atoms with Crippen molar-refractivity contribution in [2.45, 2.75) is 13.0 Å². The monoisotopic (exact) mass is 476 g/mol. The normalized spacial score (nSPS) is 10.5. The molecule has 29 heavy (non-hydrogen) atoms. The number of hydrogen-bond donors (Lipinski definition) is 1. The van der Waals surface area contributed by atoms with Crippen LogP contribution in [0.4, 0.5) is 0 Å². The SMILES string of the molecule is COc1cc(C(=O)NCc2csc(Cc3ccccc3)n2)c(Br)c(OC)c1OC. The third kappa shape index (κ3) is 4.89. The van der Waals surface area contributed by atoms with Gasteiger partial charge in [0, 0.05) is 11.8 Å². The smallest absolute Gasteiger partial charge is 0.253 e. The molecule has 0 atom stereocenters. The van der Waals surface area contributed by atoms with Gasteiger partial charge in [0.05, 0.1) is 48.6 Å². The van der Waals surface area contributed by atoms with E-state index in [1.54, 1.807) is 17.4 Å². The topological polar surface area (TPSA) is 69.7 Å². The fraction of sp³-hybridized carbons (Fsp3) is 0.238. The van der Waals surface area contributed by atoms with E-state index in [4.69, 9.17) is 14.2 Å². The molecule has 1 aromatic heterocycles. The molecular formula is C21H21BrN2O4S. The highest BCUT2D eigenvalue weighted by Gasteiger charge is 2.22. The van der Waals surface area contributed by atoms with Gasteiger partial charge in [0.2, 0.25) is 5.75 Å². The van der Waals surface area contributed by atoms with Gasteiger partial charge in [-0.3, -0.25) is 4.79 Å². The van der Waals surface area contributed by atoms with Crippen molar-refractivity contribution in [1.82, 2.24) is 10.3 Å². The molecule has 8 heteroatoms. The van der Waals surface area contributed by atoms with E-state index in [-0.39, 0.29) is 5.91 Å². The van der Waals surface area contributed by atoms with E-state index in [9.17, 15) is 4.79 Å². The van der Waals surface area contributed by atoms with E-state index in [0.29, 0.717) is 33.8 Å². The maximum Gasteiger partial charge on any atom is 0.253 e. The highest BCUT2D eigenvalue weighted by atomic mass is 79.9. The summed E-state index contributed by atoms with van der Waals surface area (Å²) in [4.78, 5) is 17.4. The van der Waals surface area contributed by atoms with Crippen molar-refractivity contribution in [3.63, 3.8) is 0 Å². The Hall–Kier alpha value is -2.58. The van der Waals surface area contributed by atoms with E-state index in [1.165, 1.54) is 26.9 Å². The second-order valence-corrected chi connectivity index (χ2v) is 7.82. The molecular weight excluding hydrogens is 456 g/mol. The van der Waals surface area contributed by atoms with E-state index in [1.807, 2.05) is 23.6 Å². The highest BCUT2D eigenvalue weighted by Crippen LogP contribution is 2.44. The Morgan fingerprint density at radius 1 is 1.10 bits per heavy atom. The summed E-state index contributed by atoms with van der Waals surface area (Å²) in [6, 6.07) is 11.8. The maximum atomic E-state index is 12.8. The van der Waals surface area contributed by atoms with Gasteiger partial charge in [-0.15, -0.1) is 11.3 Å². The lowest BCUT2D eigenvalue weighted by molar-refractivity contribution is 0.0948. The molecule has 0 unspecified atom stereocenters. The zero-order chi connectivity index (χ0) is 20.8. The number of halogens is 1. The van der Waals surface area contributed by atoms with Crippen LogP contribution in [0, 0.1) is 0 Å². The van der Waals surface area contributed by atoms with Gasteiger partial charge in [-0.05, 0) is 27.6 Å². The van der Waals surface area contributed by atoms with Gasteiger partial charge in [0.25, 0.3) is 5.91 Å². The first-order valence-electron chi connectivity index (χ1n) is 8.81. The van der Waals surface area contributed by atoms with Crippen molar-refractivity contribution in [2.24, 2.45) is 0 Å². The van der Waals surface area contributed by atoms with Crippen molar-refractivity contribution >= 4 is 33.2 Å². The summed E-state index contributed by atoms with van der Waals surface area (Å²) in [5, 5.41) is 5.87. The fourth-order valence-electron chi connectivity index (χ4n) is 2.83. The minimum atomic E-state index is -0.270. The summed E-state index contributed by atoms with van der Waals surface area (Å²) < 4.78 is 16.5. The van der Waals surface area contributed by atoms with Crippen molar-refractivity contribution in [2.75, 3.05) is 21.3 Å². The van der Waals surface area contributed by atoms with Gasteiger partial charge in [-0.1, -0.05) is 30.3 Å². The molecule has 0 saturated heterocycles. The Kier molecular flexibility index (Phi) is 7.11. The van der Waals surface area contributed by atoms with Crippen molar-refractivity contribution in [1.29, 1.82) is 0 Å². The van der Waals surface area contributed by atoms with Gasteiger partial charge in [-0.25, -0.2) is 4.98 Å². The molecule has 0 bridgehead atoms. The van der Waals surface area contributed by atoms with Crippen LogP contribution in [0.1, 0.15) is 26.6 Å². The van der Waals surface area contributed by atoms with Crippen LogP contribution >= 0.6 is 27.3 Å². The fourth-order valence-corrected chi connectivity index (χ4v) is 4.30. The third-order valence-electron chi connectivity index (χ3n) is 4.24. The molecule has 1 N–H and O–H groups in total. The Morgan fingerprint density at radius 2 is 1.83 bits per heavy atom. The van der Waals surface area contributed by atoms with Crippen molar-refractivity contribution in [3.05, 3.63) is 68.1 Å². The van der Waals surface area contributed by atoms with Crippen LogP contribution in [-0.4, -0.2) is 32.2 Å². The minimum Gasteiger partial charge on any atom is -0.493 e. The van der Waals surface area contributed by atoms with Crippen LogP contribution in [0.25, 0.3) is 0 Å². The number of aromatic nitrogens is 1. The molecule has 1 heterocycles. The first-order valence-corrected chi connectivity index (χ1v) is 10.5. The number of ether oxygens (including phenoxy) is 3. The minimum absolute atomic E-state index is 0.270. The van der Waals surface area contributed by atoms with E-state index in [2.05, 4.69) is 38.4 Å². The molecule has 0 spiro atoms. The number of hydrogen-bond acceptors (Lipinski definition) is 6. The number of amides is 1. The van der Waals surface area contributed by atoms with Gasteiger partial charge in [0.1, 0.15) is 0 Å². The molecule has 0 aliphatic carbocycles. The summed E-state index contributed by atoms with van der Waals surface area (Å²) in [6.07, 6.45) is 0.776. The largest absolute Gasteiger partial charge is 0.493 e. The first kappa shape index (κ1) is 21.1. The van der Waals surface area contributed by atoms with Crippen LogP contribution in [0.3, 0.4) is 0 Å². The van der Waals surface area contributed by atoms with Crippen LogP contribution in [0.5, 0.6) is 17.2 Å². The molecule has 3 rings (SSSR count). The summed E-state index contributed by atoms with van der Waals surface area (Å²) in [7, 11) is 4.53. The number of nitrogens with one attached hydrogen (secondary N) is 1. The molecule has 0 radical (unpaired) electrons. The van der Waals surface area contributed by atoms with E-state index >= 15 is 0 Å². The second kappa shape index (κ2) is 9.76.